The lowest BCUT2D eigenvalue weighted by Gasteiger charge is -2.22. The zero-order valence-electron chi connectivity index (χ0n) is 22.4. The van der Waals surface area contributed by atoms with Crippen LogP contribution in [0.25, 0.3) is 0 Å². The molecule has 7 nitrogen and oxygen atoms in total. The molecule has 206 valence electrons. The van der Waals surface area contributed by atoms with Gasteiger partial charge in [0.2, 0.25) is 0 Å². The minimum atomic E-state index is -0.888. The van der Waals surface area contributed by atoms with Gasteiger partial charge in [-0.05, 0) is 79.8 Å². The maximum absolute atomic E-state index is 12.8. The highest BCUT2D eigenvalue weighted by Gasteiger charge is 2.25. The van der Waals surface area contributed by atoms with Crippen LogP contribution in [0, 0.1) is 12.8 Å². The van der Waals surface area contributed by atoms with Crippen LogP contribution in [0.15, 0.2) is 71.8 Å². The molecule has 3 aromatic rings. The number of hydrazone groups is 1. The van der Waals surface area contributed by atoms with Gasteiger partial charge in [0.25, 0.3) is 11.8 Å². The van der Waals surface area contributed by atoms with Gasteiger partial charge in [-0.1, -0.05) is 66.9 Å². The third-order valence-electron chi connectivity index (χ3n) is 5.66. The summed E-state index contributed by atoms with van der Waals surface area (Å²) in [5, 5.41) is 7.56. The number of carbonyl (C=O) groups excluding carboxylic acids is 2. The summed E-state index contributed by atoms with van der Waals surface area (Å²) in [7, 11) is 0. The third kappa shape index (κ3) is 9.93. The van der Waals surface area contributed by atoms with Crippen molar-refractivity contribution in [2.75, 3.05) is 0 Å². The standard InChI is InChI=1S/C30H33Cl2N3O4/c1-19(2)14-27(34-29(36)21(4)39-28-13-10-24(31)16-26(28)32)30(37)35-33-17-22-8-11-25(12-9-22)38-18-23-7-5-6-20(3)15-23/h5-13,15-17,19,21,27H,14,18H2,1-4H3,(H,34,36)(H,35,37)/b33-17-/t21-,27-/m0/s1. The van der Waals surface area contributed by atoms with Gasteiger partial charge in [-0.2, -0.15) is 5.10 Å². The van der Waals surface area contributed by atoms with Crippen molar-refractivity contribution in [1.29, 1.82) is 0 Å². The Morgan fingerprint density at radius 3 is 2.38 bits per heavy atom. The summed E-state index contributed by atoms with van der Waals surface area (Å²) < 4.78 is 11.5. The first-order valence-corrected chi connectivity index (χ1v) is 13.4. The van der Waals surface area contributed by atoms with Crippen molar-refractivity contribution in [1.82, 2.24) is 10.7 Å². The van der Waals surface area contributed by atoms with E-state index in [0.29, 0.717) is 28.8 Å². The quantitative estimate of drug-likeness (QED) is 0.197. The Morgan fingerprint density at radius 1 is 0.974 bits per heavy atom. The smallest absolute Gasteiger partial charge is 0.262 e. The lowest BCUT2D eigenvalue weighted by atomic mass is 10.0. The predicted molar refractivity (Wildman–Crippen MR) is 156 cm³/mol. The van der Waals surface area contributed by atoms with Crippen LogP contribution in [0.2, 0.25) is 10.0 Å². The molecule has 0 aliphatic rings. The molecule has 3 rings (SSSR count). The van der Waals surface area contributed by atoms with Crippen LogP contribution >= 0.6 is 23.2 Å². The number of hydrogen-bond donors (Lipinski definition) is 2. The molecule has 0 fully saturated rings. The number of nitrogens with zero attached hydrogens (tertiary/aromatic N) is 1. The molecule has 0 unspecified atom stereocenters. The monoisotopic (exact) mass is 569 g/mol. The predicted octanol–water partition coefficient (Wildman–Crippen LogP) is 6.33. The lowest BCUT2D eigenvalue weighted by molar-refractivity contribution is -0.132. The fourth-order valence-corrected chi connectivity index (χ4v) is 4.13. The van der Waals surface area contributed by atoms with Crippen LogP contribution in [-0.2, 0) is 16.2 Å². The first-order valence-electron chi connectivity index (χ1n) is 12.6. The van der Waals surface area contributed by atoms with Gasteiger partial charge in [0.1, 0.15) is 24.1 Å². The summed E-state index contributed by atoms with van der Waals surface area (Å²) in [5.41, 5.74) is 5.59. The molecule has 3 aromatic carbocycles. The highest BCUT2D eigenvalue weighted by molar-refractivity contribution is 6.35. The topological polar surface area (TPSA) is 89.0 Å². The molecule has 0 saturated carbocycles. The minimum absolute atomic E-state index is 0.152. The summed E-state index contributed by atoms with van der Waals surface area (Å²) in [5.74, 6) is 0.327. The molecule has 0 radical (unpaired) electrons. The van der Waals surface area contributed by atoms with E-state index in [0.717, 1.165) is 16.9 Å². The molecule has 2 amide bonds. The number of carbonyl (C=O) groups is 2. The largest absolute Gasteiger partial charge is 0.489 e. The number of nitrogens with one attached hydrogen (secondary N) is 2. The van der Waals surface area contributed by atoms with Crippen LogP contribution in [0.1, 0.15) is 43.9 Å². The summed E-state index contributed by atoms with van der Waals surface area (Å²) in [4.78, 5) is 25.6. The molecule has 0 aliphatic carbocycles. The number of halogens is 2. The van der Waals surface area contributed by atoms with Crippen molar-refractivity contribution in [3.63, 3.8) is 0 Å². The molecule has 9 heteroatoms. The molecule has 39 heavy (non-hydrogen) atoms. The number of aryl methyl sites for hydroxylation is 1. The van der Waals surface area contributed by atoms with E-state index in [1.165, 1.54) is 17.8 Å². The normalized spacial score (nSPS) is 12.7. The second-order valence-corrected chi connectivity index (χ2v) is 10.5. The summed E-state index contributed by atoms with van der Waals surface area (Å²) in [6, 6.07) is 19.5. The second-order valence-electron chi connectivity index (χ2n) is 9.61. The van der Waals surface area contributed by atoms with Gasteiger partial charge in [-0.25, -0.2) is 5.43 Å². The highest BCUT2D eigenvalue weighted by Crippen LogP contribution is 2.28. The molecule has 0 aromatic heterocycles. The van der Waals surface area contributed by atoms with E-state index in [1.807, 2.05) is 63.2 Å². The van der Waals surface area contributed by atoms with Crippen molar-refractivity contribution in [2.45, 2.75) is 52.9 Å². The van der Waals surface area contributed by atoms with Crippen LogP contribution in [0.3, 0.4) is 0 Å². The van der Waals surface area contributed by atoms with E-state index in [-0.39, 0.29) is 5.92 Å². The molecule has 2 N–H and O–H groups in total. The number of benzene rings is 3. The van der Waals surface area contributed by atoms with Crippen molar-refractivity contribution in [3.05, 3.63) is 93.5 Å². The Balaban J connectivity index is 1.53. The van der Waals surface area contributed by atoms with Crippen LogP contribution < -0.4 is 20.2 Å². The highest BCUT2D eigenvalue weighted by atomic mass is 35.5. The van der Waals surface area contributed by atoms with Gasteiger partial charge in [0, 0.05) is 5.02 Å². The van der Waals surface area contributed by atoms with E-state index in [9.17, 15) is 9.59 Å². The number of amides is 2. The molecular weight excluding hydrogens is 537 g/mol. The van der Waals surface area contributed by atoms with E-state index in [1.54, 1.807) is 19.1 Å². The van der Waals surface area contributed by atoms with Gasteiger partial charge in [-0.15, -0.1) is 0 Å². The van der Waals surface area contributed by atoms with Crippen LogP contribution in [0.4, 0.5) is 0 Å². The van der Waals surface area contributed by atoms with Gasteiger partial charge < -0.3 is 14.8 Å². The van der Waals surface area contributed by atoms with E-state index in [2.05, 4.69) is 21.9 Å². The summed E-state index contributed by atoms with van der Waals surface area (Å²) in [6.07, 6.45) is 1.07. The van der Waals surface area contributed by atoms with Gasteiger partial charge in [0.05, 0.1) is 11.2 Å². The SMILES string of the molecule is Cc1cccc(COc2ccc(/C=N\NC(=O)[C@H](CC(C)C)NC(=O)[C@H](C)Oc3ccc(Cl)cc3Cl)cc2)c1. The fraction of sp³-hybridized carbons (Fsp3) is 0.300. The van der Waals surface area contributed by atoms with Crippen LogP contribution in [0.5, 0.6) is 11.5 Å². The fourth-order valence-electron chi connectivity index (χ4n) is 3.67. The molecule has 0 spiro atoms. The lowest BCUT2D eigenvalue weighted by Crippen LogP contribution is -2.49. The van der Waals surface area contributed by atoms with Gasteiger partial charge in [-0.3, -0.25) is 9.59 Å². The zero-order valence-corrected chi connectivity index (χ0v) is 23.9. The summed E-state index contributed by atoms with van der Waals surface area (Å²) in [6.45, 7) is 8.03. The average molecular weight is 571 g/mol. The Hall–Kier alpha value is -3.55. The Bertz CT molecular complexity index is 1300. The Labute approximate surface area is 239 Å². The minimum Gasteiger partial charge on any atom is -0.489 e. The van der Waals surface area contributed by atoms with Crippen molar-refractivity contribution >= 4 is 41.2 Å². The summed E-state index contributed by atoms with van der Waals surface area (Å²) >= 11 is 12.1. The van der Waals surface area contributed by atoms with Crippen LogP contribution in [-0.4, -0.2) is 30.2 Å². The first kappa shape index (κ1) is 30.0. The van der Waals surface area contributed by atoms with Gasteiger partial charge in [0.15, 0.2) is 6.10 Å². The zero-order chi connectivity index (χ0) is 28.4. The van der Waals surface area contributed by atoms with E-state index in [4.69, 9.17) is 32.7 Å². The molecule has 0 bridgehead atoms. The van der Waals surface area contributed by atoms with Gasteiger partial charge >= 0.3 is 0 Å². The van der Waals surface area contributed by atoms with E-state index < -0.39 is 24.0 Å². The maximum Gasteiger partial charge on any atom is 0.262 e. The molecule has 0 aliphatic heterocycles. The molecule has 0 saturated heterocycles. The Morgan fingerprint density at radius 2 is 1.72 bits per heavy atom. The second kappa shape index (κ2) is 14.6. The number of hydrogen-bond acceptors (Lipinski definition) is 5. The van der Waals surface area contributed by atoms with Crippen molar-refractivity contribution in [3.8, 4) is 11.5 Å². The average Bonchev–Trinajstić information content (AvgIpc) is 2.89. The molecular formula is C30H33Cl2N3O4. The molecule has 0 heterocycles. The Kier molecular flexibility index (Phi) is 11.2. The third-order valence-corrected chi connectivity index (χ3v) is 6.19. The van der Waals surface area contributed by atoms with E-state index >= 15 is 0 Å². The van der Waals surface area contributed by atoms with Crippen molar-refractivity contribution < 1.29 is 19.1 Å². The molecule has 2 atom stereocenters. The number of ether oxygens (including phenoxy) is 2. The van der Waals surface area contributed by atoms with Crippen molar-refractivity contribution in [2.24, 2.45) is 11.0 Å². The number of rotatable bonds is 12. The maximum atomic E-state index is 12.8. The first-order chi connectivity index (χ1) is 18.6.